The molecule has 1 amide bonds. The quantitative estimate of drug-likeness (QED) is 0.667. The predicted molar refractivity (Wildman–Crippen MR) is 102 cm³/mol. The van der Waals surface area contributed by atoms with Crippen LogP contribution in [0.5, 0.6) is 0 Å². The lowest BCUT2D eigenvalue weighted by Crippen LogP contribution is -2.44. The van der Waals surface area contributed by atoms with Gasteiger partial charge in [-0.3, -0.25) is 9.48 Å². The molecule has 3 aromatic heterocycles. The zero-order valence-corrected chi connectivity index (χ0v) is 15.1. The van der Waals surface area contributed by atoms with Crippen molar-refractivity contribution in [3.63, 3.8) is 0 Å². The van der Waals surface area contributed by atoms with Gasteiger partial charge in [0.25, 0.3) is 0 Å². The van der Waals surface area contributed by atoms with Gasteiger partial charge in [-0.2, -0.15) is 10.1 Å². The van der Waals surface area contributed by atoms with Crippen LogP contribution in [0.15, 0.2) is 41.8 Å². The number of carbonyl (C=O) groups is 1. The van der Waals surface area contributed by atoms with E-state index in [-0.39, 0.29) is 11.9 Å². The summed E-state index contributed by atoms with van der Waals surface area (Å²) < 4.78 is 7.27. The molecular formula is C18H21N7O2. The van der Waals surface area contributed by atoms with Crippen LogP contribution >= 0.6 is 0 Å². The van der Waals surface area contributed by atoms with E-state index in [0.717, 1.165) is 25.1 Å². The summed E-state index contributed by atoms with van der Waals surface area (Å²) >= 11 is 0. The smallest absolute Gasteiger partial charge is 0.246 e. The standard InChI is InChI=1S/C18H21N7O2/c1-3-15(26)25-7-4-5-12(11-25)20-17-16-14(6-8-27-16)22-18(23-17)21-13-9-19-24(2)10-13/h3,6,8-10,12H,1,4-5,7,11H2,2H3,(H2,20,21,22,23)/t12-/m1/s1. The summed E-state index contributed by atoms with van der Waals surface area (Å²) in [5.74, 6) is 1.01. The van der Waals surface area contributed by atoms with Gasteiger partial charge < -0.3 is 20.0 Å². The average molecular weight is 367 g/mol. The number of piperidine rings is 1. The number of nitrogens with one attached hydrogen (secondary N) is 2. The van der Waals surface area contributed by atoms with Crippen molar-refractivity contribution in [2.45, 2.75) is 18.9 Å². The summed E-state index contributed by atoms with van der Waals surface area (Å²) in [4.78, 5) is 22.8. The summed E-state index contributed by atoms with van der Waals surface area (Å²) in [6.07, 6.45) is 8.36. The normalized spacial score (nSPS) is 17.1. The van der Waals surface area contributed by atoms with Crippen molar-refractivity contribution >= 4 is 34.5 Å². The topological polar surface area (TPSA) is 101 Å². The average Bonchev–Trinajstić information content (AvgIpc) is 3.30. The molecule has 9 heteroatoms. The summed E-state index contributed by atoms with van der Waals surface area (Å²) in [5, 5.41) is 10.7. The Morgan fingerprint density at radius 3 is 3.11 bits per heavy atom. The van der Waals surface area contributed by atoms with Crippen LogP contribution in [0.2, 0.25) is 0 Å². The first kappa shape index (κ1) is 17.1. The third-order valence-electron chi connectivity index (χ3n) is 4.51. The van der Waals surface area contributed by atoms with E-state index in [1.165, 1.54) is 6.08 Å². The number of likely N-dealkylation sites (tertiary alicyclic amines) is 1. The highest BCUT2D eigenvalue weighted by Gasteiger charge is 2.24. The number of furan rings is 1. The van der Waals surface area contributed by atoms with Gasteiger partial charge in [-0.1, -0.05) is 6.58 Å². The Hall–Kier alpha value is -3.36. The highest BCUT2D eigenvalue weighted by molar-refractivity contribution is 5.87. The zero-order valence-electron chi connectivity index (χ0n) is 15.1. The maximum absolute atomic E-state index is 11.9. The van der Waals surface area contributed by atoms with Crippen LogP contribution in [0.25, 0.3) is 11.1 Å². The molecule has 4 heterocycles. The molecule has 1 fully saturated rings. The van der Waals surface area contributed by atoms with Gasteiger partial charge in [-0.05, 0) is 18.9 Å². The van der Waals surface area contributed by atoms with Crippen molar-refractivity contribution in [1.29, 1.82) is 0 Å². The van der Waals surface area contributed by atoms with Gasteiger partial charge in [0, 0.05) is 38.4 Å². The van der Waals surface area contributed by atoms with Gasteiger partial charge in [0.2, 0.25) is 11.9 Å². The Kier molecular flexibility index (Phi) is 4.49. The number of amides is 1. The number of fused-ring (bicyclic) bond motifs is 1. The Bertz CT molecular complexity index is 977. The molecule has 1 atom stereocenters. The van der Waals surface area contributed by atoms with Gasteiger partial charge in [0.15, 0.2) is 11.4 Å². The maximum Gasteiger partial charge on any atom is 0.246 e. The molecule has 2 N–H and O–H groups in total. The van der Waals surface area contributed by atoms with E-state index in [1.807, 2.05) is 13.2 Å². The fourth-order valence-corrected chi connectivity index (χ4v) is 3.25. The van der Waals surface area contributed by atoms with Gasteiger partial charge in [0.1, 0.15) is 5.52 Å². The second kappa shape index (κ2) is 7.10. The Morgan fingerprint density at radius 2 is 2.33 bits per heavy atom. The predicted octanol–water partition coefficient (Wildman–Crippen LogP) is 2.29. The molecule has 0 spiro atoms. The third-order valence-corrected chi connectivity index (χ3v) is 4.51. The highest BCUT2D eigenvalue weighted by Crippen LogP contribution is 2.26. The summed E-state index contributed by atoms with van der Waals surface area (Å²) in [7, 11) is 1.84. The maximum atomic E-state index is 11.9. The van der Waals surface area contributed by atoms with Crippen LogP contribution in [0.3, 0.4) is 0 Å². The molecule has 27 heavy (non-hydrogen) atoms. The van der Waals surface area contributed by atoms with Crippen LogP contribution in [-0.2, 0) is 11.8 Å². The third kappa shape index (κ3) is 3.62. The molecule has 0 unspecified atom stereocenters. The fraction of sp³-hybridized carbons (Fsp3) is 0.333. The van der Waals surface area contributed by atoms with Gasteiger partial charge in [0.05, 0.1) is 18.1 Å². The first-order valence-electron chi connectivity index (χ1n) is 8.81. The fourth-order valence-electron chi connectivity index (χ4n) is 3.25. The van der Waals surface area contributed by atoms with Crippen molar-refractivity contribution < 1.29 is 9.21 Å². The lowest BCUT2D eigenvalue weighted by molar-refractivity contribution is -0.127. The first-order valence-corrected chi connectivity index (χ1v) is 8.81. The molecule has 0 bridgehead atoms. The second-order valence-corrected chi connectivity index (χ2v) is 6.53. The van der Waals surface area contributed by atoms with Crippen molar-refractivity contribution in [3.8, 4) is 0 Å². The monoisotopic (exact) mass is 367 g/mol. The van der Waals surface area contributed by atoms with Crippen molar-refractivity contribution in [2.75, 3.05) is 23.7 Å². The summed E-state index contributed by atoms with van der Waals surface area (Å²) in [6, 6.07) is 1.88. The van der Waals surface area contributed by atoms with Gasteiger partial charge >= 0.3 is 0 Å². The molecule has 1 aliphatic rings. The number of aryl methyl sites for hydroxylation is 1. The highest BCUT2D eigenvalue weighted by atomic mass is 16.3. The number of anilines is 3. The van der Waals surface area contributed by atoms with Gasteiger partial charge in [-0.25, -0.2) is 4.98 Å². The Morgan fingerprint density at radius 1 is 1.44 bits per heavy atom. The molecule has 0 saturated carbocycles. The minimum Gasteiger partial charge on any atom is -0.459 e. The van der Waals surface area contributed by atoms with Crippen LogP contribution < -0.4 is 10.6 Å². The summed E-state index contributed by atoms with van der Waals surface area (Å²) in [5.41, 5.74) is 2.10. The molecule has 9 nitrogen and oxygen atoms in total. The Labute approximate surface area is 156 Å². The molecule has 1 aliphatic heterocycles. The summed E-state index contributed by atoms with van der Waals surface area (Å²) in [6.45, 7) is 4.92. The number of carbonyl (C=O) groups excluding carboxylic acids is 1. The van der Waals surface area contributed by atoms with E-state index in [0.29, 0.717) is 29.4 Å². The molecule has 3 aromatic rings. The molecule has 0 radical (unpaired) electrons. The van der Waals surface area contributed by atoms with Gasteiger partial charge in [-0.15, -0.1) is 0 Å². The number of aromatic nitrogens is 4. The van der Waals surface area contributed by atoms with E-state index < -0.39 is 0 Å². The molecular weight excluding hydrogens is 346 g/mol. The lowest BCUT2D eigenvalue weighted by Gasteiger charge is -2.32. The van der Waals surface area contributed by atoms with Crippen LogP contribution in [-0.4, -0.2) is 49.7 Å². The van der Waals surface area contributed by atoms with E-state index in [4.69, 9.17) is 4.42 Å². The molecule has 4 rings (SSSR count). The number of hydrogen-bond donors (Lipinski definition) is 2. The van der Waals surface area contributed by atoms with E-state index in [2.05, 4.69) is 32.3 Å². The number of hydrogen-bond acceptors (Lipinski definition) is 7. The lowest BCUT2D eigenvalue weighted by atomic mass is 10.1. The zero-order chi connectivity index (χ0) is 18.8. The van der Waals surface area contributed by atoms with E-state index in [1.54, 1.807) is 28.1 Å². The number of rotatable bonds is 5. The minimum absolute atomic E-state index is 0.0498. The van der Waals surface area contributed by atoms with Crippen LogP contribution in [0.1, 0.15) is 12.8 Å². The Balaban J connectivity index is 1.57. The van der Waals surface area contributed by atoms with Crippen LogP contribution in [0, 0.1) is 0 Å². The number of nitrogens with zero attached hydrogens (tertiary/aromatic N) is 5. The molecule has 1 saturated heterocycles. The molecule has 0 aromatic carbocycles. The van der Waals surface area contributed by atoms with E-state index >= 15 is 0 Å². The molecule has 0 aliphatic carbocycles. The van der Waals surface area contributed by atoms with E-state index in [9.17, 15) is 4.79 Å². The second-order valence-electron chi connectivity index (χ2n) is 6.53. The first-order chi connectivity index (χ1) is 13.1. The van der Waals surface area contributed by atoms with Crippen molar-refractivity contribution in [2.24, 2.45) is 7.05 Å². The van der Waals surface area contributed by atoms with Crippen molar-refractivity contribution in [1.82, 2.24) is 24.6 Å². The van der Waals surface area contributed by atoms with Crippen molar-refractivity contribution in [3.05, 3.63) is 37.4 Å². The SMILES string of the molecule is C=CC(=O)N1CCC[C@@H](Nc2nc(Nc3cnn(C)c3)nc3ccoc23)C1. The van der Waals surface area contributed by atoms with Crippen LogP contribution in [0.4, 0.5) is 17.5 Å². The minimum atomic E-state index is -0.0498. The largest absolute Gasteiger partial charge is 0.459 e. The molecule has 140 valence electrons.